The Bertz CT molecular complexity index is 415. The fourth-order valence-corrected chi connectivity index (χ4v) is 2.05. The molecule has 86 valence electrons. The Hall–Kier alpha value is -0.700. The standard InChI is InChI=1S/C12H12Cl2O2/c13-8-4-5-10(14)9(7-8)12(15)11-3-1-2-6-16-11/h3-5,7,12,15H,1-2,6H2. The minimum atomic E-state index is -0.827. The van der Waals surface area contributed by atoms with Crippen molar-refractivity contribution in [2.45, 2.75) is 18.9 Å². The Labute approximate surface area is 104 Å². The predicted molar refractivity (Wildman–Crippen MR) is 64.7 cm³/mol. The summed E-state index contributed by atoms with van der Waals surface area (Å²) in [7, 11) is 0. The van der Waals surface area contributed by atoms with Gasteiger partial charge in [-0.2, -0.15) is 0 Å². The lowest BCUT2D eigenvalue weighted by Gasteiger charge is -2.20. The second kappa shape index (κ2) is 5.09. The number of halogens is 2. The van der Waals surface area contributed by atoms with Crippen molar-refractivity contribution in [1.82, 2.24) is 0 Å². The molecule has 0 bridgehead atoms. The summed E-state index contributed by atoms with van der Waals surface area (Å²) in [4.78, 5) is 0. The summed E-state index contributed by atoms with van der Waals surface area (Å²) in [5, 5.41) is 11.2. The van der Waals surface area contributed by atoms with E-state index in [9.17, 15) is 5.11 Å². The summed E-state index contributed by atoms with van der Waals surface area (Å²) >= 11 is 11.9. The number of rotatable bonds is 2. The minimum Gasteiger partial charge on any atom is -0.495 e. The van der Waals surface area contributed by atoms with Crippen LogP contribution < -0.4 is 0 Å². The molecule has 1 aromatic carbocycles. The molecule has 1 aliphatic heterocycles. The maximum Gasteiger partial charge on any atom is 0.137 e. The first-order chi connectivity index (χ1) is 7.68. The zero-order valence-corrected chi connectivity index (χ0v) is 10.1. The van der Waals surface area contributed by atoms with Crippen LogP contribution in [0.4, 0.5) is 0 Å². The first-order valence-electron chi connectivity index (χ1n) is 5.14. The first-order valence-corrected chi connectivity index (χ1v) is 5.90. The molecule has 0 spiro atoms. The monoisotopic (exact) mass is 258 g/mol. The lowest BCUT2D eigenvalue weighted by molar-refractivity contribution is 0.0918. The highest BCUT2D eigenvalue weighted by Crippen LogP contribution is 2.32. The van der Waals surface area contributed by atoms with Crippen LogP contribution in [-0.4, -0.2) is 11.7 Å². The normalized spacial score (nSPS) is 17.6. The molecule has 1 aromatic rings. The quantitative estimate of drug-likeness (QED) is 0.877. The third-order valence-electron chi connectivity index (χ3n) is 2.48. The van der Waals surface area contributed by atoms with Gasteiger partial charge in [0.25, 0.3) is 0 Å². The number of benzene rings is 1. The van der Waals surface area contributed by atoms with Crippen LogP contribution in [0, 0.1) is 0 Å². The Morgan fingerprint density at radius 1 is 1.31 bits per heavy atom. The molecule has 0 amide bonds. The Balaban J connectivity index is 2.29. The molecule has 0 radical (unpaired) electrons. The van der Waals surface area contributed by atoms with Crippen LogP contribution in [0.3, 0.4) is 0 Å². The van der Waals surface area contributed by atoms with Crippen LogP contribution in [0.25, 0.3) is 0 Å². The SMILES string of the molecule is OC(C1=CCCCO1)c1cc(Cl)ccc1Cl. The Morgan fingerprint density at radius 3 is 2.81 bits per heavy atom. The summed E-state index contributed by atoms with van der Waals surface area (Å²) in [6.45, 7) is 0.640. The molecule has 1 aliphatic rings. The van der Waals surface area contributed by atoms with Gasteiger partial charge in [-0.25, -0.2) is 0 Å². The van der Waals surface area contributed by atoms with Crippen molar-refractivity contribution >= 4 is 23.2 Å². The number of hydrogen-bond acceptors (Lipinski definition) is 2. The van der Waals surface area contributed by atoms with Gasteiger partial charge in [-0.15, -0.1) is 0 Å². The summed E-state index contributed by atoms with van der Waals surface area (Å²) in [5.74, 6) is 0.565. The lowest BCUT2D eigenvalue weighted by atomic mass is 10.1. The zero-order chi connectivity index (χ0) is 11.5. The molecular formula is C12H12Cl2O2. The number of allylic oxidation sites excluding steroid dienone is 1. The smallest absolute Gasteiger partial charge is 0.137 e. The highest BCUT2D eigenvalue weighted by molar-refractivity contribution is 6.33. The maximum absolute atomic E-state index is 10.1. The van der Waals surface area contributed by atoms with Crippen molar-refractivity contribution in [3.8, 4) is 0 Å². The van der Waals surface area contributed by atoms with Gasteiger partial charge in [0.05, 0.1) is 6.61 Å². The fraction of sp³-hybridized carbons (Fsp3) is 0.333. The lowest BCUT2D eigenvalue weighted by Crippen LogP contribution is -2.10. The van der Waals surface area contributed by atoms with Gasteiger partial charge in [0, 0.05) is 15.6 Å². The van der Waals surface area contributed by atoms with Crippen molar-refractivity contribution in [3.63, 3.8) is 0 Å². The van der Waals surface area contributed by atoms with E-state index >= 15 is 0 Å². The highest BCUT2D eigenvalue weighted by Gasteiger charge is 2.19. The molecule has 0 aliphatic carbocycles. The Kier molecular flexibility index (Phi) is 3.74. The first kappa shape index (κ1) is 11.8. The van der Waals surface area contributed by atoms with E-state index in [1.54, 1.807) is 18.2 Å². The van der Waals surface area contributed by atoms with E-state index in [1.807, 2.05) is 6.08 Å². The molecule has 4 heteroatoms. The van der Waals surface area contributed by atoms with Crippen molar-refractivity contribution in [2.24, 2.45) is 0 Å². The van der Waals surface area contributed by atoms with E-state index in [-0.39, 0.29) is 0 Å². The predicted octanol–water partition coefficient (Wildman–Crippen LogP) is 3.72. The number of ether oxygens (including phenoxy) is 1. The van der Waals surface area contributed by atoms with Gasteiger partial charge in [0.1, 0.15) is 11.9 Å². The van der Waals surface area contributed by atoms with Crippen molar-refractivity contribution < 1.29 is 9.84 Å². The summed E-state index contributed by atoms with van der Waals surface area (Å²) in [6.07, 6.45) is 2.97. The average molecular weight is 259 g/mol. The molecule has 0 aromatic heterocycles. The number of hydrogen-bond donors (Lipinski definition) is 1. The van der Waals surface area contributed by atoms with Gasteiger partial charge in [-0.1, -0.05) is 23.2 Å². The molecule has 1 heterocycles. The number of aliphatic hydroxyl groups is 1. The van der Waals surface area contributed by atoms with Gasteiger partial charge in [0.15, 0.2) is 0 Å². The molecule has 1 unspecified atom stereocenters. The van der Waals surface area contributed by atoms with E-state index in [0.29, 0.717) is 28.0 Å². The molecule has 1 atom stereocenters. The molecule has 0 fully saturated rings. The fourth-order valence-electron chi connectivity index (χ4n) is 1.64. The van der Waals surface area contributed by atoms with Crippen LogP contribution in [0.15, 0.2) is 30.0 Å². The van der Waals surface area contributed by atoms with E-state index in [2.05, 4.69) is 0 Å². The molecule has 0 saturated carbocycles. The minimum absolute atomic E-state index is 0.493. The summed E-state index contributed by atoms with van der Waals surface area (Å²) in [6, 6.07) is 5.02. The second-order valence-electron chi connectivity index (χ2n) is 3.67. The molecule has 16 heavy (non-hydrogen) atoms. The average Bonchev–Trinajstić information content (AvgIpc) is 2.32. The summed E-state index contributed by atoms with van der Waals surface area (Å²) in [5.41, 5.74) is 0.585. The van der Waals surface area contributed by atoms with Crippen LogP contribution in [0.1, 0.15) is 24.5 Å². The number of aliphatic hydroxyl groups excluding tert-OH is 1. The van der Waals surface area contributed by atoms with Crippen molar-refractivity contribution in [1.29, 1.82) is 0 Å². The molecular weight excluding hydrogens is 247 g/mol. The van der Waals surface area contributed by atoms with Crippen LogP contribution >= 0.6 is 23.2 Å². The molecule has 1 N–H and O–H groups in total. The van der Waals surface area contributed by atoms with Crippen LogP contribution in [0.5, 0.6) is 0 Å². The van der Waals surface area contributed by atoms with E-state index in [4.69, 9.17) is 27.9 Å². The van der Waals surface area contributed by atoms with Crippen molar-refractivity contribution in [3.05, 3.63) is 45.6 Å². The van der Waals surface area contributed by atoms with E-state index < -0.39 is 6.10 Å². The van der Waals surface area contributed by atoms with Gasteiger partial charge < -0.3 is 9.84 Å². The van der Waals surface area contributed by atoms with Gasteiger partial charge in [0.2, 0.25) is 0 Å². The second-order valence-corrected chi connectivity index (χ2v) is 4.51. The van der Waals surface area contributed by atoms with Crippen LogP contribution in [0.2, 0.25) is 10.0 Å². The third kappa shape index (κ3) is 2.51. The zero-order valence-electron chi connectivity index (χ0n) is 8.62. The van der Waals surface area contributed by atoms with E-state index in [1.165, 1.54) is 0 Å². The van der Waals surface area contributed by atoms with Crippen LogP contribution in [-0.2, 0) is 4.74 Å². The molecule has 2 nitrogen and oxygen atoms in total. The van der Waals surface area contributed by atoms with E-state index in [0.717, 1.165) is 12.8 Å². The Morgan fingerprint density at radius 2 is 2.12 bits per heavy atom. The van der Waals surface area contributed by atoms with Gasteiger partial charge in [-0.05, 0) is 37.1 Å². The van der Waals surface area contributed by atoms with Gasteiger partial charge >= 0.3 is 0 Å². The molecule has 2 rings (SSSR count). The molecule has 0 saturated heterocycles. The maximum atomic E-state index is 10.1. The largest absolute Gasteiger partial charge is 0.495 e. The topological polar surface area (TPSA) is 29.5 Å². The van der Waals surface area contributed by atoms with Gasteiger partial charge in [-0.3, -0.25) is 0 Å². The third-order valence-corrected chi connectivity index (χ3v) is 3.06. The summed E-state index contributed by atoms with van der Waals surface area (Å²) < 4.78 is 5.40. The highest BCUT2D eigenvalue weighted by atomic mass is 35.5. The van der Waals surface area contributed by atoms with Crippen molar-refractivity contribution in [2.75, 3.05) is 6.61 Å².